The summed E-state index contributed by atoms with van der Waals surface area (Å²) in [6.45, 7) is 0. The highest BCUT2D eigenvalue weighted by Gasteiger charge is 2.14. The van der Waals surface area contributed by atoms with Crippen LogP contribution in [0.3, 0.4) is 0 Å². The van der Waals surface area contributed by atoms with E-state index in [9.17, 15) is 4.39 Å². The Kier molecular flexibility index (Phi) is 4.40. The highest BCUT2D eigenvalue weighted by molar-refractivity contribution is 9.11. The molecule has 0 saturated heterocycles. The number of hydrogen-bond donors (Lipinski definition) is 0. The first kappa shape index (κ1) is 13.6. The summed E-state index contributed by atoms with van der Waals surface area (Å²) in [7, 11) is 1.64. The SMILES string of the molecule is COc1ccc(C(Br)c2ccc(F)cc2Br)cc1. The first-order chi connectivity index (χ1) is 8.61. The molecule has 0 aliphatic heterocycles. The maximum Gasteiger partial charge on any atom is 0.124 e. The van der Waals surface area contributed by atoms with Crippen LogP contribution in [0.1, 0.15) is 16.0 Å². The van der Waals surface area contributed by atoms with Crippen molar-refractivity contribution in [2.24, 2.45) is 0 Å². The molecular weight excluding hydrogens is 363 g/mol. The Labute approximate surface area is 122 Å². The molecule has 1 unspecified atom stereocenters. The summed E-state index contributed by atoms with van der Waals surface area (Å²) in [4.78, 5) is 0.0124. The predicted octanol–water partition coefficient (Wildman–Crippen LogP) is 5.08. The number of ether oxygens (including phenoxy) is 1. The number of rotatable bonds is 3. The molecule has 0 saturated carbocycles. The van der Waals surface area contributed by atoms with E-state index in [1.165, 1.54) is 12.1 Å². The lowest BCUT2D eigenvalue weighted by molar-refractivity contribution is 0.414. The van der Waals surface area contributed by atoms with Crippen molar-refractivity contribution >= 4 is 31.9 Å². The second-order valence-electron chi connectivity index (χ2n) is 3.80. The minimum atomic E-state index is -0.250. The Morgan fingerprint density at radius 2 is 1.78 bits per heavy atom. The van der Waals surface area contributed by atoms with Crippen LogP contribution >= 0.6 is 31.9 Å². The van der Waals surface area contributed by atoms with Gasteiger partial charge in [0.1, 0.15) is 11.6 Å². The van der Waals surface area contributed by atoms with Gasteiger partial charge >= 0.3 is 0 Å². The quantitative estimate of drug-likeness (QED) is 0.681. The predicted molar refractivity (Wildman–Crippen MR) is 77.9 cm³/mol. The van der Waals surface area contributed by atoms with Gasteiger partial charge in [0.25, 0.3) is 0 Å². The van der Waals surface area contributed by atoms with Crippen molar-refractivity contribution in [1.82, 2.24) is 0 Å². The number of alkyl halides is 1. The Balaban J connectivity index is 2.31. The molecule has 0 N–H and O–H groups in total. The molecule has 0 bridgehead atoms. The lowest BCUT2D eigenvalue weighted by Crippen LogP contribution is -1.95. The molecule has 2 aromatic rings. The van der Waals surface area contributed by atoms with E-state index in [2.05, 4.69) is 31.9 Å². The molecule has 1 nitrogen and oxygen atoms in total. The lowest BCUT2D eigenvalue weighted by Gasteiger charge is -2.13. The molecule has 0 heterocycles. The van der Waals surface area contributed by atoms with Crippen LogP contribution in [0.15, 0.2) is 46.9 Å². The van der Waals surface area contributed by atoms with Gasteiger partial charge in [-0.15, -0.1) is 0 Å². The third-order valence-corrected chi connectivity index (χ3v) is 4.35. The van der Waals surface area contributed by atoms with Crippen molar-refractivity contribution in [1.29, 1.82) is 0 Å². The first-order valence-corrected chi connectivity index (χ1v) is 7.05. The normalized spacial score (nSPS) is 12.2. The molecule has 2 aromatic carbocycles. The van der Waals surface area contributed by atoms with Crippen LogP contribution in [0.25, 0.3) is 0 Å². The summed E-state index contributed by atoms with van der Waals surface area (Å²) in [5.41, 5.74) is 2.07. The van der Waals surface area contributed by atoms with Gasteiger partial charge in [0, 0.05) is 4.47 Å². The van der Waals surface area contributed by atoms with Gasteiger partial charge in [0.15, 0.2) is 0 Å². The summed E-state index contributed by atoms with van der Waals surface area (Å²) >= 11 is 7.00. The minimum absolute atomic E-state index is 0.0124. The number of methoxy groups -OCH3 is 1. The standard InChI is InChI=1S/C14H11Br2FO/c1-18-11-5-2-9(3-6-11)14(16)12-7-4-10(17)8-13(12)15/h2-8,14H,1H3. The summed E-state index contributed by atoms with van der Waals surface area (Å²) in [6.07, 6.45) is 0. The molecule has 1 atom stereocenters. The first-order valence-electron chi connectivity index (χ1n) is 5.35. The van der Waals surface area contributed by atoms with E-state index in [0.717, 1.165) is 21.3 Å². The van der Waals surface area contributed by atoms with Gasteiger partial charge in [-0.1, -0.05) is 50.1 Å². The zero-order valence-corrected chi connectivity index (χ0v) is 12.8. The van der Waals surface area contributed by atoms with Gasteiger partial charge in [-0.3, -0.25) is 0 Å². The number of benzene rings is 2. The largest absolute Gasteiger partial charge is 0.497 e. The van der Waals surface area contributed by atoms with E-state index in [0.29, 0.717) is 0 Å². The number of hydrogen-bond acceptors (Lipinski definition) is 1. The molecule has 18 heavy (non-hydrogen) atoms. The average Bonchev–Trinajstić information content (AvgIpc) is 2.38. The molecule has 0 amide bonds. The summed E-state index contributed by atoms with van der Waals surface area (Å²) in [6, 6.07) is 12.5. The Morgan fingerprint density at radius 1 is 1.11 bits per heavy atom. The third kappa shape index (κ3) is 2.93. The van der Waals surface area contributed by atoms with Crippen LogP contribution < -0.4 is 4.74 Å². The van der Waals surface area contributed by atoms with Gasteiger partial charge in [-0.2, -0.15) is 0 Å². The molecular formula is C14H11Br2FO. The van der Waals surface area contributed by atoms with Crippen molar-refractivity contribution in [2.75, 3.05) is 7.11 Å². The zero-order chi connectivity index (χ0) is 13.1. The van der Waals surface area contributed by atoms with Crippen LogP contribution in [0.2, 0.25) is 0 Å². The van der Waals surface area contributed by atoms with Crippen LogP contribution in [0, 0.1) is 5.82 Å². The van der Waals surface area contributed by atoms with Crippen LogP contribution in [-0.4, -0.2) is 7.11 Å². The molecule has 0 radical (unpaired) electrons. The Bertz CT molecular complexity index is 540. The van der Waals surface area contributed by atoms with Crippen molar-refractivity contribution in [3.05, 3.63) is 63.9 Å². The maximum atomic E-state index is 13.1. The summed E-state index contributed by atoms with van der Waals surface area (Å²) in [5.74, 6) is 0.566. The maximum absolute atomic E-state index is 13.1. The van der Waals surface area contributed by atoms with E-state index < -0.39 is 0 Å². The molecule has 4 heteroatoms. The Hall–Kier alpha value is -0.870. The zero-order valence-electron chi connectivity index (χ0n) is 9.66. The highest BCUT2D eigenvalue weighted by Crippen LogP contribution is 2.36. The topological polar surface area (TPSA) is 9.23 Å². The van der Waals surface area contributed by atoms with Gasteiger partial charge in [-0.25, -0.2) is 4.39 Å². The average molecular weight is 374 g/mol. The molecule has 0 spiro atoms. The van der Waals surface area contributed by atoms with Crippen LogP contribution in [-0.2, 0) is 0 Å². The number of halogens is 3. The van der Waals surface area contributed by atoms with Gasteiger partial charge in [-0.05, 0) is 35.4 Å². The third-order valence-electron chi connectivity index (χ3n) is 2.64. The fourth-order valence-electron chi connectivity index (χ4n) is 1.66. The summed E-state index contributed by atoms with van der Waals surface area (Å²) < 4.78 is 18.9. The second-order valence-corrected chi connectivity index (χ2v) is 5.57. The molecule has 94 valence electrons. The monoisotopic (exact) mass is 372 g/mol. The Morgan fingerprint density at radius 3 is 2.33 bits per heavy atom. The van der Waals surface area contributed by atoms with E-state index >= 15 is 0 Å². The van der Waals surface area contributed by atoms with E-state index in [1.54, 1.807) is 13.2 Å². The molecule has 0 fully saturated rings. The fourth-order valence-corrected chi connectivity index (χ4v) is 3.25. The second kappa shape index (κ2) is 5.85. The van der Waals surface area contributed by atoms with Crippen molar-refractivity contribution in [3.63, 3.8) is 0 Å². The van der Waals surface area contributed by atoms with Crippen molar-refractivity contribution in [3.8, 4) is 5.75 Å². The van der Waals surface area contributed by atoms with Crippen LogP contribution in [0.5, 0.6) is 5.75 Å². The molecule has 0 aliphatic carbocycles. The molecule has 2 rings (SSSR count). The van der Waals surface area contributed by atoms with Gasteiger partial charge < -0.3 is 4.74 Å². The van der Waals surface area contributed by atoms with Crippen molar-refractivity contribution < 1.29 is 9.13 Å². The summed E-state index contributed by atoms with van der Waals surface area (Å²) in [5, 5.41) is 0. The van der Waals surface area contributed by atoms with Gasteiger partial charge in [0.05, 0.1) is 11.9 Å². The van der Waals surface area contributed by atoms with E-state index in [1.807, 2.05) is 24.3 Å². The minimum Gasteiger partial charge on any atom is -0.497 e. The van der Waals surface area contributed by atoms with Crippen LogP contribution in [0.4, 0.5) is 4.39 Å². The van der Waals surface area contributed by atoms with Gasteiger partial charge in [0.2, 0.25) is 0 Å². The lowest BCUT2D eigenvalue weighted by atomic mass is 10.0. The highest BCUT2D eigenvalue weighted by atomic mass is 79.9. The molecule has 0 aliphatic rings. The van der Waals surface area contributed by atoms with E-state index in [-0.39, 0.29) is 10.6 Å². The fraction of sp³-hybridized carbons (Fsp3) is 0.143. The smallest absolute Gasteiger partial charge is 0.124 e. The van der Waals surface area contributed by atoms with E-state index in [4.69, 9.17) is 4.74 Å². The molecule has 0 aromatic heterocycles. The van der Waals surface area contributed by atoms with Crippen molar-refractivity contribution in [2.45, 2.75) is 4.83 Å².